The topological polar surface area (TPSA) is 65.8 Å². The Balaban J connectivity index is 1.79. The molecule has 0 saturated carbocycles. The zero-order valence-electron chi connectivity index (χ0n) is 19.4. The lowest BCUT2D eigenvalue weighted by molar-refractivity contribution is -0.173. The molecular weight excluding hydrogens is 498 g/mol. The summed E-state index contributed by atoms with van der Waals surface area (Å²) in [5, 5.41) is 12.0. The van der Waals surface area contributed by atoms with Crippen LogP contribution in [0.15, 0.2) is 57.9 Å². The Hall–Kier alpha value is -3.21. The second kappa shape index (κ2) is 8.72. The third-order valence-corrected chi connectivity index (χ3v) is 8.12. The maximum absolute atomic E-state index is 14.6. The SMILES string of the molecule is CC1CC=CC2=C1[C@@H](N1CN([C@@H](C)C(F)(F)F)C(=O)c3c(O)c(=O)ccn31)c1cc(F)ccc1CS2. The average molecular weight is 522 g/mol. The Bertz CT molecular complexity index is 1370. The highest BCUT2D eigenvalue weighted by Gasteiger charge is 2.48. The summed E-state index contributed by atoms with van der Waals surface area (Å²) in [4.78, 5) is 27.0. The first-order valence-corrected chi connectivity index (χ1v) is 12.4. The third-order valence-electron chi connectivity index (χ3n) is 6.99. The normalized spacial score (nSPS) is 22.7. The summed E-state index contributed by atoms with van der Waals surface area (Å²) in [5.74, 6) is -2.04. The fraction of sp³-hybridized carbons (Fsp3) is 0.360. The highest BCUT2D eigenvalue weighted by atomic mass is 32.2. The molecule has 0 fully saturated rings. The van der Waals surface area contributed by atoms with Crippen LogP contribution in [-0.4, -0.2) is 39.5 Å². The van der Waals surface area contributed by atoms with Crippen LogP contribution in [0.2, 0.25) is 0 Å². The van der Waals surface area contributed by atoms with Gasteiger partial charge in [0.25, 0.3) is 5.91 Å². The molecule has 0 spiro atoms. The van der Waals surface area contributed by atoms with Crippen LogP contribution in [0.25, 0.3) is 0 Å². The number of pyridine rings is 1. The van der Waals surface area contributed by atoms with Crippen LogP contribution in [0.1, 0.15) is 47.9 Å². The lowest BCUT2D eigenvalue weighted by Gasteiger charge is -2.47. The van der Waals surface area contributed by atoms with Crippen molar-refractivity contribution >= 4 is 17.7 Å². The molecule has 0 radical (unpaired) electrons. The molecule has 1 amide bonds. The van der Waals surface area contributed by atoms with E-state index in [9.17, 15) is 32.3 Å². The molecule has 3 atom stereocenters. The van der Waals surface area contributed by atoms with Crippen molar-refractivity contribution in [2.45, 2.75) is 44.3 Å². The maximum Gasteiger partial charge on any atom is 0.408 e. The molecule has 1 aliphatic carbocycles. The van der Waals surface area contributed by atoms with E-state index in [-0.39, 0.29) is 5.92 Å². The summed E-state index contributed by atoms with van der Waals surface area (Å²) in [7, 11) is 0. The number of carbonyl (C=O) groups is 1. The van der Waals surface area contributed by atoms with Crippen LogP contribution >= 0.6 is 11.8 Å². The van der Waals surface area contributed by atoms with Gasteiger partial charge in [0.15, 0.2) is 11.4 Å². The van der Waals surface area contributed by atoms with E-state index in [4.69, 9.17) is 0 Å². The predicted octanol–water partition coefficient (Wildman–Crippen LogP) is 4.83. The molecule has 5 rings (SSSR count). The van der Waals surface area contributed by atoms with E-state index in [2.05, 4.69) is 0 Å². The first kappa shape index (κ1) is 24.5. The summed E-state index contributed by atoms with van der Waals surface area (Å²) in [6, 6.07) is 2.48. The van der Waals surface area contributed by atoms with Crippen molar-refractivity contribution in [3.05, 3.63) is 86.0 Å². The highest BCUT2D eigenvalue weighted by molar-refractivity contribution is 8.02. The van der Waals surface area contributed by atoms with Gasteiger partial charge in [0.1, 0.15) is 18.5 Å². The second-order valence-corrected chi connectivity index (χ2v) is 10.2. The summed E-state index contributed by atoms with van der Waals surface area (Å²) in [6.07, 6.45) is 1.19. The number of aromatic hydroxyl groups is 1. The van der Waals surface area contributed by atoms with Crippen LogP contribution in [0.3, 0.4) is 0 Å². The summed E-state index contributed by atoms with van der Waals surface area (Å²) < 4.78 is 57.2. The maximum atomic E-state index is 14.6. The smallest absolute Gasteiger partial charge is 0.408 e. The molecule has 1 N–H and O–H groups in total. The quantitative estimate of drug-likeness (QED) is 0.574. The Labute approximate surface area is 208 Å². The van der Waals surface area contributed by atoms with E-state index in [0.29, 0.717) is 22.6 Å². The van der Waals surface area contributed by atoms with E-state index in [1.807, 2.05) is 19.1 Å². The Morgan fingerprint density at radius 1 is 1.19 bits per heavy atom. The van der Waals surface area contributed by atoms with Crippen LogP contribution in [-0.2, 0) is 5.75 Å². The summed E-state index contributed by atoms with van der Waals surface area (Å²) in [6.45, 7) is 2.36. The molecule has 190 valence electrons. The third kappa shape index (κ3) is 3.89. The zero-order chi connectivity index (χ0) is 25.9. The number of hydrogen-bond donors (Lipinski definition) is 1. The molecule has 1 aromatic heterocycles. The number of allylic oxidation sites excluding steroid dienone is 2. The van der Waals surface area contributed by atoms with Gasteiger partial charge in [0.2, 0.25) is 5.43 Å². The van der Waals surface area contributed by atoms with Crippen molar-refractivity contribution < 1.29 is 27.5 Å². The highest BCUT2D eigenvalue weighted by Crippen LogP contribution is 2.48. The average Bonchev–Trinajstić information content (AvgIpc) is 2.98. The molecule has 3 aliphatic rings. The Morgan fingerprint density at radius 2 is 1.94 bits per heavy atom. The molecule has 36 heavy (non-hydrogen) atoms. The van der Waals surface area contributed by atoms with E-state index in [1.165, 1.54) is 28.0 Å². The molecule has 0 saturated heterocycles. The number of nitrogens with zero attached hydrogens (tertiary/aromatic N) is 3. The van der Waals surface area contributed by atoms with Gasteiger partial charge in [-0.05, 0) is 48.1 Å². The molecule has 3 heterocycles. The van der Waals surface area contributed by atoms with Gasteiger partial charge < -0.3 is 10.0 Å². The fourth-order valence-corrected chi connectivity index (χ4v) is 6.26. The molecule has 2 aliphatic heterocycles. The van der Waals surface area contributed by atoms with E-state index >= 15 is 0 Å². The van der Waals surface area contributed by atoms with Gasteiger partial charge in [-0.25, -0.2) is 4.39 Å². The molecule has 1 aromatic carbocycles. The van der Waals surface area contributed by atoms with Gasteiger partial charge in [-0.3, -0.25) is 19.3 Å². The number of amides is 1. The molecule has 1 unspecified atom stereocenters. The van der Waals surface area contributed by atoms with E-state index in [0.717, 1.165) is 29.0 Å². The van der Waals surface area contributed by atoms with Gasteiger partial charge in [0, 0.05) is 22.9 Å². The summed E-state index contributed by atoms with van der Waals surface area (Å²) >= 11 is 1.56. The minimum atomic E-state index is -4.75. The largest absolute Gasteiger partial charge is 0.502 e. The lowest BCUT2D eigenvalue weighted by Crippen LogP contribution is -2.60. The van der Waals surface area contributed by atoms with Crippen molar-refractivity contribution in [3.8, 4) is 5.75 Å². The number of benzene rings is 1. The van der Waals surface area contributed by atoms with Crippen molar-refractivity contribution in [1.29, 1.82) is 0 Å². The number of thioether (sulfide) groups is 1. The second-order valence-electron chi connectivity index (χ2n) is 9.19. The Kier molecular flexibility index (Phi) is 5.93. The first-order valence-electron chi connectivity index (χ1n) is 11.4. The standard InChI is InChI=1S/C25H23F4N3O3S/c1-13-4-3-5-19-20(13)21(17-10-16(26)7-6-15(17)11-36-19)32-12-30(14(2)25(27,28)29)24(35)22-23(34)18(33)8-9-31(22)32/h3,5-10,13-14,21,34H,4,11-12H2,1-2H3/t13?,14-,21-/m0/s1. The van der Waals surface area contributed by atoms with Crippen LogP contribution in [0.4, 0.5) is 17.6 Å². The number of carbonyl (C=O) groups excluding carboxylic acids is 1. The predicted molar refractivity (Wildman–Crippen MR) is 128 cm³/mol. The zero-order valence-corrected chi connectivity index (χ0v) is 20.2. The molecule has 6 nitrogen and oxygen atoms in total. The van der Waals surface area contributed by atoms with Gasteiger partial charge in [-0.2, -0.15) is 13.2 Å². The molecule has 11 heteroatoms. The van der Waals surface area contributed by atoms with Gasteiger partial charge in [-0.1, -0.05) is 25.1 Å². The van der Waals surface area contributed by atoms with Crippen LogP contribution in [0, 0.1) is 11.7 Å². The molecule has 2 aromatic rings. The number of hydrogen-bond acceptors (Lipinski definition) is 5. The molecular formula is C25H23F4N3O3S. The van der Waals surface area contributed by atoms with E-state index < -0.39 is 53.5 Å². The number of rotatable bonds is 2. The van der Waals surface area contributed by atoms with E-state index in [1.54, 1.807) is 17.8 Å². The van der Waals surface area contributed by atoms with Gasteiger partial charge in [0.05, 0.1) is 6.04 Å². The Morgan fingerprint density at radius 3 is 2.67 bits per heavy atom. The van der Waals surface area contributed by atoms with Gasteiger partial charge >= 0.3 is 6.18 Å². The lowest BCUT2D eigenvalue weighted by atomic mass is 9.83. The fourth-order valence-electron chi connectivity index (χ4n) is 5.01. The number of fused-ring (bicyclic) bond motifs is 2. The van der Waals surface area contributed by atoms with Gasteiger partial charge in [-0.15, -0.1) is 11.8 Å². The van der Waals surface area contributed by atoms with Crippen molar-refractivity contribution in [2.24, 2.45) is 5.92 Å². The monoisotopic (exact) mass is 521 g/mol. The van der Waals surface area contributed by atoms with Crippen LogP contribution in [0.5, 0.6) is 5.75 Å². The minimum Gasteiger partial charge on any atom is -0.502 e. The van der Waals surface area contributed by atoms with Crippen molar-refractivity contribution in [3.63, 3.8) is 0 Å². The number of halogens is 4. The number of aromatic nitrogens is 1. The summed E-state index contributed by atoms with van der Waals surface area (Å²) in [5.41, 5.74) is 0.812. The van der Waals surface area contributed by atoms with Crippen molar-refractivity contribution in [2.75, 3.05) is 11.7 Å². The van der Waals surface area contributed by atoms with Crippen molar-refractivity contribution in [1.82, 2.24) is 9.58 Å². The molecule has 0 bridgehead atoms. The number of alkyl halides is 3. The van der Waals surface area contributed by atoms with Crippen LogP contribution < -0.4 is 10.4 Å². The minimum absolute atomic E-state index is 0.0285. The first-order chi connectivity index (χ1) is 17.0.